The monoisotopic (exact) mass is 145 g/mol. The van der Waals surface area contributed by atoms with Gasteiger partial charge in [-0.15, -0.1) is 9.24 Å². The zero-order chi connectivity index (χ0) is 6.69. The molecule has 0 spiro atoms. The van der Waals surface area contributed by atoms with Gasteiger partial charge in [0.25, 0.3) is 0 Å². The molecular weight excluding hydrogens is 129 g/mol. The summed E-state index contributed by atoms with van der Waals surface area (Å²) >= 11 is 0. The Balaban J connectivity index is 2.30. The van der Waals surface area contributed by atoms with E-state index in [1.807, 2.05) is 0 Å². The van der Waals surface area contributed by atoms with Crippen molar-refractivity contribution in [1.29, 1.82) is 0 Å². The van der Waals surface area contributed by atoms with Crippen molar-refractivity contribution >= 4 is 9.24 Å². The molecule has 0 bridgehead atoms. The highest BCUT2D eigenvalue weighted by molar-refractivity contribution is 7.17. The Morgan fingerprint density at radius 2 is 2.00 bits per heavy atom. The van der Waals surface area contributed by atoms with Crippen LogP contribution in [0.5, 0.6) is 0 Å². The van der Waals surface area contributed by atoms with Gasteiger partial charge in [0.15, 0.2) is 0 Å². The highest BCUT2D eigenvalue weighted by Crippen LogP contribution is 2.23. The summed E-state index contributed by atoms with van der Waals surface area (Å²) in [7, 11) is 4.99. The molecule has 3 atom stereocenters. The van der Waals surface area contributed by atoms with Gasteiger partial charge in [-0.25, -0.2) is 0 Å². The van der Waals surface area contributed by atoms with Gasteiger partial charge in [0, 0.05) is 6.04 Å². The van der Waals surface area contributed by atoms with Crippen LogP contribution in [0.25, 0.3) is 0 Å². The molecule has 1 N–H and O–H groups in total. The van der Waals surface area contributed by atoms with Crippen molar-refractivity contribution in [3.8, 4) is 0 Å². The molecule has 1 saturated carbocycles. The largest absolute Gasteiger partial charge is 0.316 e. The van der Waals surface area contributed by atoms with Crippen LogP contribution in [0.2, 0.25) is 0 Å². The van der Waals surface area contributed by atoms with Gasteiger partial charge in [0.05, 0.1) is 0 Å². The maximum absolute atomic E-state index is 3.33. The van der Waals surface area contributed by atoms with Gasteiger partial charge in [-0.3, -0.25) is 0 Å². The summed E-state index contributed by atoms with van der Waals surface area (Å²) in [6.45, 7) is 0. The first-order valence-electron chi connectivity index (χ1n) is 3.77. The Kier molecular flexibility index (Phi) is 2.94. The summed E-state index contributed by atoms with van der Waals surface area (Å²) in [5.74, 6) is 0. The maximum Gasteiger partial charge on any atom is 0.0127 e. The van der Waals surface area contributed by atoms with Gasteiger partial charge in [0.2, 0.25) is 0 Å². The third-order valence-corrected chi connectivity index (χ3v) is 2.99. The first-order valence-corrected chi connectivity index (χ1v) is 4.44. The Hall–Kier alpha value is 0.390. The quantitative estimate of drug-likeness (QED) is 0.550. The van der Waals surface area contributed by atoms with E-state index in [0.29, 0.717) is 0 Å². The second-order valence-electron chi connectivity index (χ2n) is 2.84. The lowest BCUT2D eigenvalue weighted by atomic mass is 9.95. The lowest BCUT2D eigenvalue weighted by Crippen LogP contribution is -2.36. The lowest BCUT2D eigenvalue weighted by molar-refractivity contribution is 0.405. The average Bonchev–Trinajstić information content (AvgIpc) is 1.89. The van der Waals surface area contributed by atoms with Gasteiger partial charge >= 0.3 is 0 Å². The van der Waals surface area contributed by atoms with Gasteiger partial charge in [-0.1, -0.05) is 12.8 Å². The molecule has 1 fully saturated rings. The molecule has 1 aliphatic carbocycles. The molecule has 0 heterocycles. The van der Waals surface area contributed by atoms with E-state index >= 15 is 0 Å². The molecule has 1 unspecified atom stereocenters. The summed E-state index contributed by atoms with van der Waals surface area (Å²) in [5, 5.41) is 3.33. The minimum Gasteiger partial charge on any atom is -0.316 e. The van der Waals surface area contributed by atoms with Crippen LogP contribution in [-0.4, -0.2) is 18.7 Å². The minimum absolute atomic E-state index is 0.767. The molecule has 0 saturated heterocycles. The van der Waals surface area contributed by atoms with Crippen LogP contribution in [0.1, 0.15) is 25.7 Å². The van der Waals surface area contributed by atoms with Crippen molar-refractivity contribution in [2.45, 2.75) is 37.4 Å². The molecule has 2 heteroatoms. The van der Waals surface area contributed by atoms with Crippen LogP contribution in [0.15, 0.2) is 0 Å². The van der Waals surface area contributed by atoms with Crippen LogP contribution >= 0.6 is 9.24 Å². The molecule has 0 aromatic heterocycles. The fraction of sp³-hybridized carbons (Fsp3) is 1.00. The van der Waals surface area contributed by atoms with Crippen molar-refractivity contribution < 1.29 is 0 Å². The van der Waals surface area contributed by atoms with Gasteiger partial charge in [0.1, 0.15) is 0 Å². The maximum atomic E-state index is 3.33. The third-order valence-electron chi connectivity index (χ3n) is 2.19. The van der Waals surface area contributed by atoms with Gasteiger partial charge in [-0.05, 0) is 25.5 Å². The zero-order valence-electron chi connectivity index (χ0n) is 6.06. The van der Waals surface area contributed by atoms with Crippen molar-refractivity contribution in [1.82, 2.24) is 5.32 Å². The smallest absolute Gasteiger partial charge is 0.0127 e. The van der Waals surface area contributed by atoms with Crippen molar-refractivity contribution in [2.24, 2.45) is 0 Å². The normalized spacial score (nSPS) is 36.7. The molecule has 1 nitrogen and oxygen atoms in total. The van der Waals surface area contributed by atoms with E-state index in [1.165, 1.54) is 25.7 Å². The van der Waals surface area contributed by atoms with Gasteiger partial charge in [-0.2, -0.15) is 0 Å². The van der Waals surface area contributed by atoms with Crippen molar-refractivity contribution in [2.75, 3.05) is 7.05 Å². The number of rotatable bonds is 1. The number of hydrogen-bond acceptors (Lipinski definition) is 1. The Labute approximate surface area is 59.8 Å². The first kappa shape index (κ1) is 7.50. The molecule has 54 valence electrons. The predicted molar refractivity (Wildman–Crippen MR) is 44.8 cm³/mol. The van der Waals surface area contributed by atoms with E-state index < -0.39 is 0 Å². The summed E-state index contributed by atoms with van der Waals surface area (Å²) in [5.41, 5.74) is 0.823. The van der Waals surface area contributed by atoms with E-state index in [1.54, 1.807) is 0 Å². The number of hydrogen-bond donors (Lipinski definition) is 1. The Morgan fingerprint density at radius 1 is 1.33 bits per heavy atom. The molecule has 1 rings (SSSR count). The highest BCUT2D eigenvalue weighted by atomic mass is 31.0. The summed E-state index contributed by atoms with van der Waals surface area (Å²) < 4.78 is 0. The molecule has 0 radical (unpaired) electrons. The van der Waals surface area contributed by atoms with Crippen LogP contribution in [-0.2, 0) is 0 Å². The average molecular weight is 145 g/mol. The molecule has 0 aliphatic heterocycles. The third kappa shape index (κ3) is 1.91. The summed E-state index contributed by atoms with van der Waals surface area (Å²) in [6.07, 6.45) is 5.59. The second-order valence-corrected chi connectivity index (χ2v) is 3.70. The molecule has 0 amide bonds. The van der Waals surface area contributed by atoms with Crippen molar-refractivity contribution in [3.63, 3.8) is 0 Å². The SMILES string of the molecule is CN[C@H]1CCCC[C@@H]1P. The summed E-state index contributed by atoms with van der Waals surface area (Å²) in [4.78, 5) is 0. The fourth-order valence-electron chi connectivity index (χ4n) is 1.52. The van der Waals surface area contributed by atoms with Gasteiger partial charge < -0.3 is 5.32 Å². The van der Waals surface area contributed by atoms with Crippen molar-refractivity contribution in [3.05, 3.63) is 0 Å². The van der Waals surface area contributed by atoms with Crippen LogP contribution in [0, 0.1) is 0 Å². The van der Waals surface area contributed by atoms with Crippen LogP contribution in [0.4, 0.5) is 0 Å². The Morgan fingerprint density at radius 3 is 2.44 bits per heavy atom. The molecule has 0 aromatic carbocycles. The van der Waals surface area contributed by atoms with E-state index in [0.717, 1.165) is 11.7 Å². The number of nitrogens with one attached hydrogen (secondary N) is 1. The molecule has 0 aromatic rings. The van der Waals surface area contributed by atoms with E-state index in [2.05, 4.69) is 21.6 Å². The molecule has 1 aliphatic rings. The molecule has 9 heavy (non-hydrogen) atoms. The highest BCUT2D eigenvalue weighted by Gasteiger charge is 2.18. The lowest BCUT2D eigenvalue weighted by Gasteiger charge is -2.27. The second kappa shape index (κ2) is 3.53. The first-order chi connectivity index (χ1) is 4.34. The van der Waals surface area contributed by atoms with E-state index in [-0.39, 0.29) is 0 Å². The minimum atomic E-state index is 0.767. The molecular formula is C7H16NP. The predicted octanol–water partition coefficient (Wildman–Crippen LogP) is 1.39. The van der Waals surface area contributed by atoms with E-state index in [4.69, 9.17) is 0 Å². The van der Waals surface area contributed by atoms with Crippen LogP contribution in [0.3, 0.4) is 0 Å². The van der Waals surface area contributed by atoms with Crippen LogP contribution < -0.4 is 5.32 Å². The summed E-state index contributed by atoms with van der Waals surface area (Å²) in [6, 6.07) is 0.767. The topological polar surface area (TPSA) is 12.0 Å². The fourth-order valence-corrected chi connectivity index (χ4v) is 2.14. The van der Waals surface area contributed by atoms with E-state index in [9.17, 15) is 0 Å². The zero-order valence-corrected chi connectivity index (χ0v) is 7.22. The Bertz CT molecular complexity index is 85.0. The standard InChI is InChI=1S/C7H16NP/c1-8-6-4-2-3-5-7(6)9/h6-8H,2-5,9H2,1H3/t6-,7-/m0/s1.